The van der Waals surface area contributed by atoms with Gasteiger partial charge in [-0.1, -0.05) is 76.4 Å². The molecule has 0 aliphatic carbocycles. The molecule has 0 amide bonds. The standard InChI is InChI=1S/C18H10BClS2/c20-11-8-9-13-17(10-11)22-16-7-3-6-15-18(16)19(13)12-4-1-2-5-14(12)21-15/h1-10H. The summed E-state index contributed by atoms with van der Waals surface area (Å²) in [5.74, 6) is 0. The maximum atomic E-state index is 6.22. The third-order valence-corrected chi connectivity index (χ3v) is 6.82. The Kier molecular flexibility index (Phi) is 2.91. The summed E-state index contributed by atoms with van der Waals surface area (Å²) in [6.07, 6.45) is 0. The number of hydrogen-bond donors (Lipinski definition) is 0. The van der Waals surface area contributed by atoms with Gasteiger partial charge in [-0.15, -0.1) is 0 Å². The predicted molar refractivity (Wildman–Crippen MR) is 97.2 cm³/mol. The van der Waals surface area contributed by atoms with Crippen molar-refractivity contribution in [3.05, 3.63) is 65.7 Å². The van der Waals surface area contributed by atoms with Gasteiger partial charge in [0, 0.05) is 24.6 Å². The molecule has 0 saturated carbocycles. The number of rotatable bonds is 0. The molecule has 104 valence electrons. The highest BCUT2D eigenvalue weighted by molar-refractivity contribution is 8.01. The van der Waals surface area contributed by atoms with Crippen LogP contribution in [0.4, 0.5) is 0 Å². The Morgan fingerprint density at radius 2 is 1.36 bits per heavy atom. The van der Waals surface area contributed by atoms with Crippen molar-refractivity contribution in [2.45, 2.75) is 19.6 Å². The molecule has 3 aromatic rings. The Labute approximate surface area is 143 Å². The van der Waals surface area contributed by atoms with Gasteiger partial charge in [-0.05, 0) is 35.8 Å². The summed E-state index contributed by atoms with van der Waals surface area (Å²) < 4.78 is 0. The van der Waals surface area contributed by atoms with Crippen LogP contribution < -0.4 is 16.4 Å². The molecule has 2 aliphatic rings. The lowest BCUT2D eigenvalue weighted by molar-refractivity contribution is 1.33. The van der Waals surface area contributed by atoms with E-state index in [2.05, 4.69) is 54.6 Å². The van der Waals surface area contributed by atoms with E-state index in [-0.39, 0.29) is 0 Å². The smallest absolute Gasteiger partial charge is 0.0911 e. The molecule has 0 aromatic heterocycles. The van der Waals surface area contributed by atoms with Crippen LogP contribution in [-0.2, 0) is 0 Å². The molecule has 0 spiro atoms. The zero-order valence-corrected chi connectivity index (χ0v) is 13.9. The lowest BCUT2D eigenvalue weighted by Crippen LogP contribution is -2.57. The van der Waals surface area contributed by atoms with Crippen molar-refractivity contribution in [1.82, 2.24) is 0 Å². The molecule has 0 N–H and O–H groups in total. The van der Waals surface area contributed by atoms with E-state index >= 15 is 0 Å². The lowest BCUT2D eigenvalue weighted by Gasteiger charge is -2.32. The fraction of sp³-hybridized carbons (Fsp3) is 0. The second-order valence-electron chi connectivity index (χ2n) is 5.53. The van der Waals surface area contributed by atoms with Crippen LogP contribution in [0.5, 0.6) is 0 Å². The normalized spacial score (nSPS) is 14.1. The van der Waals surface area contributed by atoms with Crippen LogP contribution in [-0.4, -0.2) is 6.71 Å². The molecule has 0 fully saturated rings. The first kappa shape index (κ1) is 13.2. The summed E-state index contributed by atoms with van der Waals surface area (Å²) in [6, 6.07) is 21.7. The van der Waals surface area contributed by atoms with E-state index in [1.807, 2.05) is 29.6 Å². The predicted octanol–water partition coefficient (Wildman–Crippen LogP) is 3.79. The summed E-state index contributed by atoms with van der Waals surface area (Å²) in [4.78, 5) is 5.39. The van der Waals surface area contributed by atoms with Gasteiger partial charge < -0.3 is 0 Å². The van der Waals surface area contributed by atoms with E-state index < -0.39 is 0 Å². The van der Waals surface area contributed by atoms with Crippen molar-refractivity contribution in [2.24, 2.45) is 0 Å². The van der Waals surface area contributed by atoms with Crippen LogP contribution in [0.25, 0.3) is 0 Å². The lowest BCUT2D eigenvalue weighted by atomic mass is 9.36. The van der Waals surface area contributed by atoms with Gasteiger partial charge in [0.2, 0.25) is 6.71 Å². The first-order valence-electron chi connectivity index (χ1n) is 7.18. The zero-order valence-electron chi connectivity index (χ0n) is 11.5. The van der Waals surface area contributed by atoms with E-state index in [4.69, 9.17) is 11.6 Å². The Hall–Kier alpha value is -1.29. The summed E-state index contributed by atoms with van der Waals surface area (Å²) in [7, 11) is 0. The highest BCUT2D eigenvalue weighted by atomic mass is 35.5. The summed E-state index contributed by atoms with van der Waals surface area (Å²) in [6.45, 7) is 0.331. The second-order valence-corrected chi connectivity index (χ2v) is 8.13. The van der Waals surface area contributed by atoms with Gasteiger partial charge >= 0.3 is 0 Å². The van der Waals surface area contributed by atoms with Crippen LogP contribution in [0.3, 0.4) is 0 Å². The Bertz CT molecular complexity index is 923. The van der Waals surface area contributed by atoms with Crippen LogP contribution in [0, 0.1) is 0 Å². The molecule has 0 nitrogen and oxygen atoms in total. The van der Waals surface area contributed by atoms with Gasteiger partial charge in [-0.25, -0.2) is 0 Å². The van der Waals surface area contributed by atoms with E-state index in [0.29, 0.717) is 6.71 Å². The quantitative estimate of drug-likeness (QED) is 0.395. The second kappa shape index (κ2) is 4.85. The van der Waals surface area contributed by atoms with Crippen LogP contribution >= 0.6 is 35.1 Å². The number of benzene rings is 3. The van der Waals surface area contributed by atoms with Gasteiger partial charge in [-0.3, -0.25) is 0 Å². The molecule has 4 heteroatoms. The number of fused-ring (bicyclic) bond motifs is 4. The van der Waals surface area contributed by atoms with Crippen LogP contribution in [0.2, 0.25) is 5.02 Å². The highest BCUT2D eigenvalue weighted by Crippen LogP contribution is 2.38. The maximum Gasteiger partial charge on any atom is 0.247 e. The van der Waals surface area contributed by atoms with Gasteiger partial charge in [0.25, 0.3) is 0 Å². The van der Waals surface area contributed by atoms with Crippen LogP contribution in [0.1, 0.15) is 0 Å². The average Bonchev–Trinajstić information content (AvgIpc) is 2.54. The SMILES string of the molecule is Clc1ccc2c(c1)Sc1cccc3c1B2c1ccccc1S3. The topological polar surface area (TPSA) is 0 Å². The summed E-state index contributed by atoms with van der Waals surface area (Å²) >= 11 is 9.95. The fourth-order valence-corrected chi connectivity index (χ4v) is 6.03. The molecule has 0 radical (unpaired) electrons. The Morgan fingerprint density at radius 1 is 0.682 bits per heavy atom. The minimum Gasteiger partial charge on any atom is -0.0911 e. The monoisotopic (exact) mass is 336 g/mol. The van der Waals surface area contributed by atoms with Crippen molar-refractivity contribution in [3.8, 4) is 0 Å². The largest absolute Gasteiger partial charge is 0.247 e. The average molecular weight is 337 g/mol. The molecule has 22 heavy (non-hydrogen) atoms. The molecule has 0 saturated heterocycles. The van der Waals surface area contributed by atoms with E-state index in [9.17, 15) is 0 Å². The molecule has 0 atom stereocenters. The zero-order chi connectivity index (χ0) is 14.7. The Morgan fingerprint density at radius 3 is 2.23 bits per heavy atom. The van der Waals surface area contributed by atoms with E-state index in [0.717, 1.165) is 5.02 Å². The highest BCUT2D eigenvalue weighted by Gasteiger charge is 2.37. The minimum atomic E-state index is 0.331. The van der Waals surface area contributed by atoms with Gasteiger partial charge in [0.1, 0.15) is 0 Å². The van der Waals surface area contributed by atoms with Crippen molar-refractivity contribution < 1.29 is 0 Å². The molecular weight excluding hydrogens is 327 g/mol. The van der Waals surface area contributed by atoms with E-state index in [1.54, 1.807) is 0 Å². The van der Waals surface area contributed by atoms with Gasteiger partial charge in [-0.2, -0.15) is 0 Å². The number of hydrogen-bond acceptors (Lipinski definition) is 2. The minimum absolute atomic E-state index is 0.331. The van der Waals surface area contributed by atoms with Crippen molar-refractivity contribution in [2.75, 3.05) is 0 Å². The molecule has 0 bridgehead atoms. The van der Waals surface area contributed by atoms with Crippen LogP contribution in [0.15, 0.2) is 80.2 Å². The van der Waals surface area contributed by atoms with Gasteiger partial charge in [0.05, 0.1) is 0 Å². The van der Waals surface area contributed by atoms with Crippen molar-refractivity contribution in [3.63, 3.8) is 0 Å². The molecule has 0 unspecified atom stereocenters. The Balaban J connectivity index is 1.86. The molecule has 5 rings (SSSR count). The molecule has 2 aliphatic heterocycles. The van der Waals surface area contributed by atoms with Crippen molar-refractivity contribution in [1.29, 1.82) is 0 Å². The third kappa shape index (κ3) is 1.83. The van der Waals surface area contributed by atoms with Crippen molar-refractivity contribution >= 4 is 58.2 Å². The summed E-state index contributed by atoms with van der Waals surface area (Å²) in [5.41, 5.74) is 4.25. The van der Waals surface area contributed by atoms with Gasteiger partial charge in [0.15, 0.2) is 0 Å². The summed E-state index contributed by atoms with van der Waals surface area (Å²) in [5, 5.41) is 0.810. The first-order chi connectivity index (χ1) is 10.8. The molecular formula is C18H10BClS2. The van der Waals surface area contributed by atoms with E-state index in [1.165, 1.54) is 36.0 Å². The molecule has 3 aromatic carbocycles. The maximum absolute atomic E-state index is 6.22. The first-order valence-corrected chi connectivity index (χ1v) is 9.19. The number of halogens is 1. The molecule has 2 heterocycles. The third-order valence-electron chi connectivity index (χ3n) is 4.27. The fourth-order valence-electron chi connectivity index (χ4n) is 3.35.